The van der Waals surface area contributed by atoms with Crippen molar-refractivity contribution >= 4 is 27.3 Å². The minimum Gasteiger partial charge on any atom is -0.384 e. The van der Waals surface area contributed by atoms with Crippen LogP contribution in [0.15, 0.2) is 41.6 Å². The molecular weight excluding hydrogens is 364 g/mol. The predicted octanol–water partition coefficient (Wildman–Crippen LogP) is 2.41. The molecule has 2 aromatic rings. The maximum atomic E-state index is 12.1. The Morgan fingerprint density at radius 2 is 2.04 bits per heavy atom. The van der Waals surface area contributed by atoms with Crippen LogP contribution in [0.4, 0.5) is 11.6 Å². The monoisotopic (exact) mass is 388 g/mol. The molecule has 1 saturated heterocycles. The zero-order valence-electron chi connectivity index (χ0n) is 15.6. The number of piperidine rings is 1. The number of benzene rings is 1. The molecule has 7 nitrogen and oxygen atoms in total. The van der Waals surface area contributed by atoms with E-state index in [2.05, 4.69) is 20.2 Å². The summed E-state index contributed by atoms with van der Waals surface area (Å²) < 4.78 is 24.1. The van der Waals surface area contributed by atoms with Gasteiger partial charge >= 0.3 is 0 Å². The SMILES string of the molecule is CC(=O)c1ccc(S(C)(=O)=O)c(NCC2CCCN(c3ncccn3)C2)c1. The van der Waals surface area contributed by atoms with E-state index < -0.39 is 9.84 Å². The van der Waals surface area contributed by atoms with Crippen LogP contribution in [-0.2, 0) is 9.84 Å². The summed E-state index contributed by atoms with van der Waals surface area (Å²) in [4.78, 5) is 22.7. The van der Waals surface area contributed by atoms with Gasteiger partial charge in [0.2, 0.25) is 5.95 Å². The molecule has 0 radical (unpaired) electrons. The molecule has 1 aromatic carbocycles. The fraction of sp³-hybridized carbons (Fsp3) is 0.421. The number of hydrogen-bond acceptors (Lipinski definition) is 7. The van der Waals surface area contributed by atoms with Crippen molar-refractivity contribution in [2.45, 2.75) is 24.7 Å². The summed E-state index contributed by atoms with van der Waals surface area (Å²) in [5.41, 5.74) is 0.978. The zero-order valence-corrected chi connectivity index (χ0v) is 16.4. The molecule has 0 spiro atoms. The Morgan fingerprint density at radius 3 is 2.70 bits per heavy atom. The lowest BCUT2D eigenvalue weighted by atomic mass is 9.98. The molecular formula is C19H24N4O3S. The molecule has 0 aliphatic carbocycles. The molecule has 2 heterocycles. The minimum atomic E-state index is -3.39. The van der Waals surface area contributed by atoms with Crippen LogP contribution in [0.25, 0.3) is 0 Å². The summed E-state index contributed by atoms with van der Waals surface area (Å²) in [6, 6.07) is 6.47. The van der Waals surface area contributed by atoms with Gasteiger partial charge in [0.25, 0.3) is 0 Å². The lowest BCUT2D eigenvalue weighted by Crippen LogP contribution is -2.39. The van der Waals surface area contributed by atoms with Crippen molar-refractivity contribution in [1.29, 1.82) is 0 Å². The van der Waals surface area contributed by atoms with E-state index in [0.29, 0.717) is 23.7 Å². The Hall–Kier alpha value is -2.48. The maximum absolute atomic E-state index is 12.1. The first-order chi connectivity index (χ1) is 12.8. The second-order valence-corrected chi connectivity index (χ2v) is 8.91. The molecule has 1 aromatic heterocycles. The molecule has 27 heavy (non-hydrogen) atoms. The molecule has 3 rings (SSSR count). The Morgan fingerprint density at radius 1 is 1.30 bits per heavy atom. The highest BCUT2D eigenvalue weighted by atomic mass is 32.2. The smallest absolute Gasteiger partial charge is 0.225 e. The minimum absolute atomic E-state index is 0.0943. The van der Waals surface area contributed by atoms with E-state index >= 15 is 0 Å². The highest BCUT2D eigenvalue weighted by molar-refractivity contribution is 7.90. The van der Waals surface area contributed by atoms with Gasteiger partial charge in [0.1, 0.15) is 0 Å². The van der Waals surface area contributed by atoms with Gasteiger partial charge < -0.3 is 10.2 Å². The van der Waals surface area contributed by atoms with E-state index in [-0.39, 0.29) is 10.7 Å². The van der Waals surface area contributed by atoms with E-state index in [0.717, 1.165) is 31.9 Å². The van der Waals surface area contributed by atoms with Crippen LogP contribution in [0, 0.1) is 5.92 Å². The number of rotatable bonds is 6. The van der Waals surface area contributed by atoms with E-state index in [1.807, 2.05) is 0 Å². The van der Waals surface area contributed by atoms with Crippen molar-refractivity contribution in [1.82, 2.24) is 9.97 Å². The van der Waals surface area contributed by atoms with Gasteiger partial charge in [-0.3, -0.25) is 4.79 Å². The van der Waals surface area contributed by atoms with E-state index in [4.69, 9.17) is 0 Å². The maximum Gasteiger partial charge on any atom is 0.225 e. The molecule has 144 valence electrons. The van der Waals surface area contributed by atoms with Gasteiger partial charge in [0, 0.05) is 43.8 Å². The summed E-state index contributed by atoms with van der Waals surface area (Å²) in [7, 11) is -3.39. The molecule has 1 atom stereocenters. The van der Waals surface area contributed by atoms with Crippen LogP contribution in [0.1, 0.15) is 30.1 Å². The lowest BCUT2D eigenvalue weighted by molar-refractivity contribution is 0.101. The Bertz CT molecular complexity index is 916. The van der Waals surface area contributed by atoms with Crippen LogP contribution >= 0.6 is 0 Å². The summed E-state index contributed by atoms with van der Waals surface area (Å²) in [5, 5.41) is 3.26. The molecule has 1 unspecified atom stereocenters. The van der Waals surface area contributed by atoms with Crippen LogP contribution in [0.3, 0.4) is 0 Å². The summed E-state index contributed by atoms with van der Waals surface area (Å²) >= 11 is 0. The number of Topliss-reactive ketones (excluding diaryl/α,β-unsaturated/α-hetero) is 1. The molecule has 0 amide bonds. The molecule has 8 heteroatoms. The number of nitrogens with one attached hydrogen (secondary N) is 1. The number of nitrogens with zero attached hydrogens (tertiary/aromatic N) is 3. The number of anilines is 2. The highest BCUT2D eigenvalue weighted by Crippen LogP contribution is 2.25. The fourth-order valence-corrected chi connectivity index (χ4v) is 4.18. The Labute approximate surface area is 159 Å². The second kappa shape index (κ2) is 8.04. The first-order valence-corrected chi connectivity index (χ1v) is 10.8. The average molecular weight is 388 g/mol. The Kier molecular flexibility index (Phi) is 5.74. The lowest BCUT2D eigenvalue weighted by Gasteiger charge is -2.33. The molecule has 0 bridgehead atoms. The number of carbonyl (C=O) groups is 1. The topological polar surface area (TPSA) is 92.3 Å². The third-order valence-electron chi connectivity index (χ3n) is 4.72. The van der Waals surface area contributed by atoms with Gasteiger partial charge in [0.05, 0.1) is 10.6 Å². The van der Waals surface area contributed by atoms with Crippen molar-refractivity contribution in [3.05, 3.63) is 42.2 Å². The number of hydrogen-bond donors (Lipinski definition) is 1. The van der Waals surface area contributed by atoms with Crippen LogP contribution in [0.5, 0.6) is 0 Å². The van der Waals surface area contributed by atoms with Crippen LogP contribution in [-0.4, -0.2) is 50.1 Å². The summed E-state index contributed by atoms with van der Waals surface area (Å²) in [6.45, 7) is 3.80. The molecule has 1 aliphatic heterocycles. The molecule has 1 fully saturated rings. The quantitative estimate of drug-likeness (QED) is 0.760. The van der Waals surface area contributed by atoms with Gasteiger partial charge in [0.15, 0.2) is 15.6 Å². The van der Waals surface area contributed by atoms with Gasteiger partial charge in [-0.15, -0.1) is 0 Å². The molecule has 0 saturated carbocycles. The summed E-state index contributed by atoms with van der Waals surface area (Å²) in [5.74, 6) is 0.955. The van der Waals surface area contributed by atoms with Crippen molar-refractivity contribution in [2.24, 2.45) is 5.92 Å². The second-order valence-electron chi connectivity index (χ2n) is 6.92. The van der Waals surface area contributed by atoms with Gasteiger partial charge in [-0.05, 0) is 49.9 Å². The van der Waals surface area contributed by atoms with Crippen LogP contribution in [0.2, 0.25) is 0 Å². The first-order valence-electron chi connectivity index (χ1n) is 8.95. The number of aromatic nitrogens is 2. The Balaban J connectivity index is 1.74. The van der Waals surface area contributed by atoms with Crippen molar-refractivity contribution in [3.63, 3.8) is 0 Å². The van der Waals surface area contributed by atoms with Gasteiger partial charge in [-0.25, -0.2) is 18.4 Å². The average Bonchev–Trinajstić information content (AvgIpc) is 2.66. The fourth-order valence-electron chi connectivity index (χ4n) is 3.33. The number of sulfone groups is 1. The summed E-state index contributed by atoms with van der Waals surface area (Å²) in [6.07, 6.45) is 6.70. The van der Waals surface area contributed by atoms with E-state index in [1.165, 1.54) is 19.2 Å². The predicted molar refractivity (Wildman–Crippen MR) is 105 cm³/mol. The highest BCUT2D eigenvalue weighted by Gasteiger charge is 2.22. The van der Waals surface area contributed by atoms with Crippen LogP contribution < -0.4 is 10.2 Å². The van der Waals surface area contributed by atoms with E-state index in [1.54, 1.807) is 30.6 Å². The number of carbonyl (C=O) groups excluding carboxylic acids is 1. The third kappa shape index (κ3) is 4.82. The van der Waals surface area contributed by atoms with Crippen molar-refractivity contribution < 1.29 is 13.2 Å². The van der Waals surface area contributed by atoms with Gasteiger partial charge in [-0.2, -0.15) is 0 Å². The normalized spacial score (nSPS) is 17.6. The molecule has 1 N–H and O–H groups in total. The zero-order chi connectivity index (χ0) is 19.4. The number of ketones is 1. The van der Waals surface area contributed by atoms with Crippen molar-refractivity contribution in [2.75, 3.05) is 36.1 Å². The van der Waals surface area contributed by atoms with Crippen molar-refractivity contribution in [3.8, 4) is 0 Å². The standard InChI is InChI=1S/C19H24N4O3S/c1-14(24)16-6-7-18(27(2,25)26)17(11-16)22-12-15-5-3-10-23(13-15)19-20-8-4-9-21-19/h4,6-9,11,15,22H,3,5,10,12-13H2,1-2H3. The first kappa shape index (κ1) is 19.3. The van der Waals surface area contributed by atoms with Gasteiger partial charge in [-0.1, -0.05) is 0 Å². The third-order valence-corrected chi connectivity index (χ3v) is 5.88. The van der Waals surface area contributed by atoms with E-state index in [9.17, 15) is 13.2 Å². The largest absolute Gasteiger partial charge is 0.384 e. The molecule has 1 aliphatic rings.